The van der Waals surface area contributed by atoms with Crippen molar-refractivity contribution in [3.63, 3.8) is 0 Å². The number of anilines is 2. The van der Waals surface area contributed by atoms with E-state index in [1.54, 1.807) is 14.2 Å². The minimum absolute atomic E-state index is 0.495. The maximum Gasteiger partial charge on any atom is 0.228 e. The number of guanidine groups is 2. The molecule has 0 aliphatic carbocycles. The standard InChI is InChI=1S/C32H28N10O2/c1-43-21-13-15-23-25(17-21)35-27(33-23)37-29-39-31(19-9-5-3-6-10-19)32(40-29,20-11-7-4-8-12-20)42-30(41-31)38-28-34-24-16-14-22(44-2)18-26(24)36-28/h3-18H,1-2H3,(H3,33,35,37,39,40)(H3,34,36,38,41,42). The molecular formula is C32H28N10O2. The number of nitrogens with zero attached hydrogens (tertiary/aromatic N) is 4. The van der Waals surface area contributed by atoms with Gasteiger partial charge in [-0.2, -0.15) is 0 Å². The molecule has 0 saturated heterocycles. The summed E-state index contributed by atoms with van der Waals surface area (Å²) < 4.78 is 10.7. The van der Waals surface area contributed by atoms with Crippen LogP contribution in [0.1, 0.15) is 11.1 Å². The number of rotatable bonds is 6. The van der Waals surface area contributed by atoms with Crippen LogP contribution in [0.25, 0.3) is 22.1 Å². The molecule has 12 nitrogen and oxygen atoms in total. The molecule has 2 aliphatic heterocycles. The van der Waals surface area contributed by atoms with E-state index in [1.807, 2.05) is 84.9 Å². The van der Waals surface area contributed by atoms with Gasteiger partial charge in [0.05, 0.1) is 36.3 Å². The minimum atomic E-state index is -1.13. The van der Waals surface area contributed by atoms with E-state index < -0.39 is 11.3 Å². The van der Waals surface area contributed by atoms with E-state index in [4.69, 9.17) is 29.4 Å². The Morgan fingerprint density at radius 1 is 0.591 bits per heavy atom. The van der Waals surface area contributed by atoms with Gasteiger partial charge in [0.15, 0.2) is 5.66 Å². The molecular weight excluding hydrogens is 556 g/mol. The van der Waals surface area contributed by atoms with Crippen LogP contribution in [0.4, 0.5) is 11.9 Å². The quantitative estimate of drug-likeness (QED) is 0.166. The zero-order chi connectivity index (χ0) is 29.7. The van der Waals surface area contributed by atoms with Gasteiger partial charge in [0, 0.05) is 23.3 Å². The highest BCUT2D eigenvalue weighted by molar-refractivity contribution is 6.01. The number of H-pyrrole nitrogens is 2. The van der Waals surface area contributed by atoms with Crippen LogP contribution in [0, 0.1) is 0 Å². The second-order valence-corrected chi connectivity index (χ2v) is 10.5. The molecule has 12 heteroatoms. The van der Waals surface area contributed by atoms with Crippen molar-refractivity contribution in [1.29, 1.82) is 0 Å². The van der Waals surface area contributed by atoms with Crippen LogP contribution in [-0.4, -0.2) is 46.1 Å². The van der Waals surface area contributed by atoms with Gasteiger partial charge in [-0.25, -0.2) is 20.0 Å². The van der Waals surface area contributed by atoms with Gasteiger partial charge in [0.25, 0.3) is 0 Å². The molecule has 0 amide bonds. The first kappa shape index (κ1) is 25.7. The molecule has 0 unspecified atom stereocenters. The smallest absolute Gasteiger partial charge is 0.228 e. The summed E-state index contributed by atoms with van der Waals surface area (Å²) in [5, 5.41) is 14.0. The van der Waals surface area contributed by atoms with Crippen LogP contribution in [0.2, 0.25) is 0 Å². The van der Waals surface area contributed by atoms with Gasteiger partial charge < -0.3 is 30.1 Å². The molecule has 4 heterocycles. The molecule has 2 aliphatic rings. The molecule has 4 aromatic carbocycles. The number of methoxy groups -OCH3 is 2. The van der Waals surface area contributed by atoms with Crippen LogP contribution < -0.4 is 30.7 Å². The lowest BCUT2D eigenvalue weighted by molar-refractivity contribution is 0.234. The maximum absolute atomic E-state index is 5.37. The molecule has 218 valence electrons. The molecule has 0 bridgehead atoms. The Balaban J connectivity index is 1.23. The third kappa shape index (κ3) is 3.99. The highest BCUT2D eigenvalue weighted by Gasteiger charge is 2.63. The summed E-state index contributed by atoms with van der Waals surface area (Å²) >= 11 is 0. The first-order chi connectivity index (χ1) is 21.6. The first-order valence-corrected chi connectivity index (χ1v) is 14.1. The van der Waals surface area contributed by atoms with Crippen LogP contribution in [-0.2, 0) is 11.3 Å². The third-order valence-corrected chi connectivity index (χ3v) is 7.92. The number of fused-ring (bicyclic) bond motifs is 3. The SMILES string of the molecule is COc1ccc2nc(NC3=NC4(c5ccccc5)N=C(Nc5nc6ccc(OC)cc6[nH]5)NC4(c4ccccc4)N3)[nH]c2c1. The minimum Gasteiger partial charge on any atom is -0.497 e. The van der Waals surface area contributed by atoms with E-state index in [1.165, 1.54) is 0 Å². The van der Waals surface area contributed by atoms with Gasteiger partial charge in [-0.1, -0.05) is 60.7 Å². The van der Waals surface area contributed by atoms with E-state index in [9.17, 15) is 0 Å². The molecule has 0 spiro atoms. The van der Waals surface area contributed by atoms with Gasteiger partial charge >= 0.3 is 0 Å². The number of nitrogens with one attached hydrogen (secondary N) is 6. The summed E-state index contributed by atoms with van der Waals surface area (Å²) in [5.74, 6) is 3.54. The van der Waals surface area contributed by atoms with Gasteiger partial charge in [0.2, 0.25) is 29.5 Å². The Hall–Kier alpha value is -6.04. The predicted octanol–water partition coefficient (Wildman–Crippen LogP) is 4.60. The van der Waals surface area contributed by atoms with E-state index in [0.29, 0.717) is 23.8 Å². The summed E-state index contributed by atoms with van der Waals surface area (Å²) in [6.07, 6.45) is 0. The monoisotopic (exact) mass is 584 g/mol. The van der Waals surface area contributed by atoms with Gasteiger partial charge in [0.1, 0.15) is 11.5 Å². The highest BCUT2D eigenvalue weighted by Crippen LogP contribution is 2.49. The summed E-state index contributed by atoms with van der Waals surface area (Å²) in [4.78, 5) is 26.5. The lowest BCUT2D eigenvalue weighted by Gasteiger charge is -2.37. The lowest BCUT2D eigenvalue weighted by atomic mass is 9.83. The average Bonchev–Trinajstić information content (AvgIpc) is 3.80. The Morgan fingerprint density at radius 3 is 1.55 bits per heavy atom. The molecule has 8 rings (SSSR count). The number of aliphatic imine (C=N–C) groups is 2. The summed E-state index contributed by atoms with van der Waals surface area (Å²) in [7, 11) is 3.28. The number of aromatic amines is 2. The largest absolute Gasteiger partial charge is 0.497 e. The summed E-state index contributed by atoms with van der Waals surface area (Å²) in [6.45, 7) is 0. The van der Waals surface area contributed by atoms with Crippen molar-refractivity contribution in [2.24, 2.45) is 9.98 Å². The average molecular weight is 585 g/mol. The van der Waals surface area contributed by atoms with E-state index >= 15 is 0 Å². The number of hydrogen-bond donors (Lipinski definition) is 6. The van der Waals surface area contributed by atoms with E-state index in [2.05, 4.69) is 43.4 Å². The molecule has 6 aromatic rings. The van der Waals surface area contributed by atoms with Crippen molar-refractivity contribution in [2.75, 3.05) is 24.9 Å². The second-order valence-electron chi connectivity index (χ2n) is 10.5. The van der Waals surface area contributed by atoms with Gasteiger partial charge in [-0.3, -0.25) is 10.6 Å². The van der Waals surface area contributed by atoms with Crippen molar-refractivity contribution in [2.45, 2.75) is 11.3 Å². The number of aromatic nitrogens is 4. The van der Waals surface area contributed by atoms with E-state index in [-0.39, 0.29) is 0 Å². The normalized spacial score (nSPS) is 20.4. The highest BCUT2D eigenvalue weighted by atomic mass is 16.5. The Labute approximate surface area is 251 Å². The zero-order valence-corrected chi connectivity index (χ0v) is 23.8. The number of imidazole rings is 2. The molecule has 2 aromatic heterocycles. The zero-order valence-electron chi connectivity index (χ0n) is 23.8. The van der Waals surface area contributed by atoms with Crippen molar-refractivity contribution in [1.82, 2.24) is 30.6 Å². The van der Waals surface area contributed by atoms with Crippen LogP contribution in [0.5, 0.6) is 11.5 Å². The molecule has 44 heavy (non-hydrogen) atoms. The molecule has 6 N–H and O–H groups in total. The first-order valence-electron chi connectivity index (χ1n) is 14.1. The van der Waals surface area contributed by atoms with Crippen molar-refractivity contribution < 1.29 is 9.47 Å². The lowest BCUT2D eigenvalue weighted by Crippen LogP contribution is -2.60. The van der Waals surface area contributed by atoms with Crippen molar-refractivity contribution >= 4 is 45.9 Å². The Kier molecular flexibility index (Phi) is 5.69. The Morgan fingerprint density at radius 2 is 1.07 bits per heavy atom. The fraction of sp³-hybridized carbons (Fsp3) is 0.125. The predicted molar refractivity (Wildman–Crippen MR) is 170 cm³/mol. The second kappa shape index (κ2) is 9.76. The molecule has 0 radical (unpaired) electrons. The Bertz CT molecular complexity index is 1960. The molecule has 0 saturated carbocycles. The van der Waals surface area contributed by atoms with E-state index in [0.717, 1.165) is 44.7 Å². The van der Waals surface area contributed by atoms with Crippen molar-refractivity contribution in [3.8, 4) is 11.5 Å². The maximum atomic E-state index is 5.37. The number of hydrogen-bond acceptors (Lipinski definition) is 10. The molecule has 0 atom stereocenters. The number of ether oxygens (including phenoxy) is 2. The van der Waals surface area contributed by atoms with Gasteiger partial charge in [-0.05, 0) is 24.3 Å². The summed E-state index contributed by atoms with van der Waals surface area (Å²) in [6, 6.07) is 31.5. The van der Waals surface area contributed by atoms with Crippen LogP contribution in [0.3, 0.4) is 0 Å². The fourth-order valence-corrected chi connectivity index (χ4v) is 5.88. The fourth-order valence-electron chi connectivity index (χ4n) is 5.88. The topological polar surface area (TPSA) is 149 Å². The number of benzene rings is 4. The molecule has 0 fully saturated rings. The van der Waals surface area contributed by atoms with Crippen LogP contribution in [0.15, 0.2) is 107 Å². The van der Waals surface area contributed by atoms with Crippen LogP contribution >= 0.6 is 0 Å². The van der Waals surface area contributed by atoms with Crippen molar-refractivity contribution in [3.05, 3.63) is 108 Å². The van der Waals surface area contributed by atoms with Gasteiger partial charge in [-0.15, -0.1) is 0 Å². The summed E-state index contributed by atoms with van der Waals surface area (Å²) in [5.41, 5.74) is 2.98. The third-order valence-electron chi connectivity index (χ3n) is 7.92.